The molecule has 0 amide bonds. The van der Waals surface area contributed by atoms with Crippen LogP contribution in [0.2, 0.25) is 0 Å². The maximum atomic E-state index is 11.8. The Kier molecular flexibility index (Phi) is 4.40. The lowest BCUT2D eigenvalue weighted by molar-refractivity contribution is -0.168. The number of ether oxygens (including phenoxy) is 1. The predicted molar refractivity (Wildman–Crippen MR) is 62.3 cm³/mol. The SMILES string of the molecule is CCOC(=O)C(O)(CC(C)=O)c1ccccc1. The molecule has 0 bridgehead atoms. The van der Waals surface area contributed by atoms with Crippen molar-refractivity contribution in [2.24, 2.45) is 0 Å². The van der Waals surface area contributed by atoms with Gasteiger partial charge >= 0.3 is 5.97 Å². The molecular weight excluding hydrogens is 220 g/mol. The Morgan fingerprint density at radius 1 is 1.29 bits per heavy atom. The van der Waals surface area contributed by atoms with E-state index in [9.17, 15) is 14.7 Å². The summed E-state index contributed by atoms with van der Waals surface area (Å²) in [5.74, 6) is -1.06. The van der Waals surface area contributed by atoms with Gasteiger partial charge in [-0.15, -0.1) is 0 Å². The van der Waals surface area contributed by atoms with Gasteiger partial charge in [0, 0.05) is 6.42 Å². The van der Waals surface area contributed by atoms with Crippen molar-refractivity contribution in [2.45, 2.75) is 25.9 Å². The van der Waals surface area contributed by atoms with Crippen molar-refractivity contribution < 1.29 is 19.4 Å². The summed E-state index contributed by atoms with van der Waals surface area (Å²) in [5, 5.41) is 10.4. The van der Waals surface area contributed by atoms with Crippen molar-refractivity contribution in [3.63, 3.8) is 0 Å². The largest absolute Gasteiger partial charge is 0.464 e. The molecule has 0 saturated heterocycles. The summed E-state index contributed by atoms with van der Waals surface area (Å²) >= 11 is 0. The zero-order valence-corrected chi connectivity index (χ0v) is 9.97. The number of esters is 1. The maximum absolute atomic E-state index is 11.8. The van der Waals surface area contributed by atoms with Crippen molar-refractivity contribution >= 4 is 11.8 Å². The molecule has 0 aliphatic carbocycles. The van der Waals surface area contributed by atoms with Gasteiger partial charge in [-0.3, -0.25) is 4.79 Å². The van der Waals surface area contributed by atoms with E-state index in [1.165, 1.54) is 6.92 Å². The number of benzene rings is 1. The lowest BCUT2D eigenvalue weighted by Gasteiger charge is -2.25. The molecular formula is C13H16O4. The van der Waals surface area contributed by atoms with Gasteiger partial charge in [0.1, 0.15) is 5.78 Å². The monoisotopic (exact) mass is 236 g/mol. The van der Waals surface area contributed by atoms with Gasteiger partial charge in [0.2, 0.25) is 0 Å². The van der Waals surface area contributed by atoms with Crippen LogP contribution in [0, 0.1) is 0 Å². The van der Waals surface area contributed by atoms with Gasteiger partial charge in [0.25, 0.3) is 0 Å². The van der Waals surface area contributed by atoms with Crippen molar-refractivity contribution in [2.75, 3.05) is 6.61 Å². The Morgan fingerprint density at radius 3 is 2.35 bits per heavy atom. The Hall–Kier alpha value is -1.68. The van der Waals surface area contributed by atoms with Gasteiger partial charge in [0.05, 0.1) is 6.61 Å². The average molecular weight is 236 g/mol. The molecule has 4 nitrogen and oxygen atoms in total. The number of Topliss-reactive ketones (excluding diaryl/α,β-unsaturated/α-hetero) is 1. The molecule has 0 spiro atoms. The summed E-state index contributed by atoms with van der Waals surface area (Å²) in [6.07, 6.45) is -0.282. The van der Waals surface area contributed by atoms with Crippen LogP contribution in [0.15, 0.2) is 30.3 Å². The highest BCUT2D eigenvalue weighted by Crippen LogP contribution is 2.27. The lowest BCUT2D eigenvalue weighted by atomic mass is 9.89. The first-order valence-electron chi connectivity index (χ1n) is 5.45. The van der Waals surface area contributed by atoms with E-state index in [0.717, 1.165) is 0 Å². The Balaban J connectivity index is 3.10. The minimum atomic E-state index is -1.89. The number of aliphatic hydroxyl groups is 1. The Morgan fingerprint density at radius 2 is 1.88 bits per heavy atom. The fourth-order valence-electron chi connectivity index (χ4n) is 1.62. The van der Waals surface area contributed by atoms with Crippen LogP contribution in [0.4, 0.5) is 0 Å². The molecule has 17 heavy (non-hydrogen) atoms. The van der Waals surface area contributed by atoms with E-state index in [-0.39, 0.29) is 18.8 Å². The molecule has 1 aromatic rings. The van der Waals surface area contributed by atoms with E-state index in [2.05, 4.69) is 0 Å². The van der Waals surface area contributed by atoms with Gasteiger partial charge in [-0.1, -0.05) is 30.3 Å². The highest BCUT2D eigenvalue weighted by Gasteiger charge is 2.40. The van der Waals surface area contributed by atoms with E-state index in [0.29, 0.717) is 5.56 Å². The van der Waals surface area contributed by atoms with Crippen molar-refractivity contribution in [1.29, 1.82) is 0 Å². The van der Waals surface area contributed by atoms with Crippen LogP contribution in [-0.4, -0.2) is 23.5 Å². The lowest BCUT2D eigenvalue weighted by Crippen LogP contribution is -2.39. The van der Waals surface area contributed by atoms with E-state index < -0.39 is 11.6 Å². The quantitative estimate of drug-likeness (QED) is 0.785. The fourth-order valence-corrected chi connectivity index (χ4v) is 1.62. The highest BCUT2D eigenvalue weighted by molar-refractivity contribution is 5.88. The Labute approximate surface area is 100 Å². The summed E-state index contributed by atoms with van der Waals surface area (Å²) in [5.41, 5.74) is -1.52. The summed E-state index contributed by atoms with van der Waals surface area (Å²) in [6, 6.07) is 8.35. The zero-order chi connectivity index (χ0) is 12.9. The first-order valence-corrected chi connectivity index (χ1v) is 5.45. The van der Waals surface area contributed by atoms with Crippen molar-refractivity contribution in [3.8, 4) is 0 Å². The number of rotatable bonds is 5. The van der Waals surface area contributed by atoms with E-state index >= 15 is 0 Å². The second kappa shape index (κ2) is 5.59. The fraction of sp³-hybridized carbons (Fsp3) is 0.385. The molecule has 1 N–H and O–H groups in total. The molecule has 1 rings (SSSR count). The number of hydrogen-bond acceptors (Lipinski definition) is 4. The number of hydrogen-bond donors (Lipinski definition) is 1. The molecule has 0 aliphatic rings. The van der Waals surface area contributed by atoms with Gasteiger partial charge in [0.15, 0.2) is 5.60 Å². The predicted octanol–water partition coefficient (Wildman–Crippen LogP) is 1.42. The summed E-state index contributed by atoms with van der Waals surface area (Å²) in [4.78, 5) is 23.0. The van der Waals surface area contributed by atoms with Gasteiger partial charge in [-0.05, 0) is 19.4 Å². The molecule has 1 aromatic carbocycles. The second-order valence-electron chi connectivity index (χ2n) is 3.83. The van der Waals surface area contributed by atoms with Crippen LogP contribution in [0.25, 0.3) is 0 Å². The molecule has 1 atom stereocenters. The van der Waals surface area contributed by atoms with Crippen LogP contribution in [0.1, 0.15) is 25.8 Å². The molecule has 0 radical (unpaired) electrons. The first-order chi connectivity index (χ1) is 8.00. The van der Waals surface area contributed by atoms with Crippen LogP contribution in [0.3, 0.4) is 0 Å². The molecule has 0 saturated carbocycles. The van der Waals surface area contributed by atoms with Gasteiger partial charge in [-0.2, -0.15) is 0 Å². The number of ketones is 1. The Bertz CT molecular complexity index is 399. The normalized spacial score (nSPS) is 13.8. The average Bonchev–Trinajstić information content (AvgIpc) is 2.29. The second-order valence-corrected chi connectivity index (χ2v) is 3.83. The van der Waals surface area contributed by atoms with E-state index in [1.54, 1.807) is 37.3 Å². The van der Waals surface area contributed by atoms with Crippen LogP contribution >= 0.6 is 0 Å². The van der Waals surface area contributed by atoms with E-state index in [1.807, 2.05) is 0 Å². The third kappa shape index (κ3) is 3.14. The maximum Gasteiger partial charge on any atom is 0.343 e. The van der Waals surface area contributed by atoms with Crippen LogP contribution in [0.5, 0.6) is 0 Å². The summed E-state index contributed by atoms with van der Waals surface area (Å²) < 4.78 is 4.82. The van der Waals surface area contributed by atoms with E-state index in [4.69, 9.17) is 4.74 Å². The topological polar surface area (TPSA) is 63.6 Å². The van der Waals surface area contributed by atoms with Crippen molar-refractivity contribution in [1.82, 2.24) is 0 Å². The van der Waals surface area contributed by atoms with Crippen LogP contribution < -0.4 is 0 Å². The molecule has 0 fully saturated rings. The third-order valence-corrected chi connectivity index (χ3v) is 2.37. The molecule has 92 valence electrons. The summed E-state index contributed by atoms with van der Waals surface area (Å²) in [6.45, 7) is 3.14. The third-order valence-electron chi connectivity index (χ3n) is 2.37. The molecule has 0 aromatic heterocycles. The van der Waals surface area contributed by atoms with Crippen molar-refractivity contribution in [3.05, 3.63) is 35.9 Å². The minimum absolute atomic E-state index is 0.159. The van der Waals surface area contributed by atoms with Gasteiger partial charge < -0.3 is 9.84 Å². The standard InChI is InChI=1S/C13H16O4/c1-3-17-12(15)13(16,9-10(2)14)11-7-5-4-6-8-11/h4-8,16H,3,9H2,1-2H3. The molecule has 4 heteroatoms. The zero-order valence-electron chi connectivity index (χ0n) is 9.97. The molecule has 0 heterocycles. The highest BCUT2D eigenvalue weighted by atomic mass is 16.5. The smallest absolute Gasteiger partial charge is 0.343 e. The first kappa shape index (κ1) is 13.4. The minimum Gasteiger partial charge on any atom is -0.464 e. The number of carbonyl (C=O) groups excluding carboxylic acids is 2. The molecule has 1 unspecified atom stereocenters. The molecule has 0 aliphatic heterocycles. The van der Waals surface area contributed by atoms with Gasteiger partial charge in [-0.25, -0.2) is 4.79 Å². The summed E-state index contributed by atoms with van der Waals surface area (Å²) in [7, 11) is 0. The van der Waals surface area contributed by atoms with Crippen LogP contribution in [-0.2, 0) is 19.9 Å². The number of carbonyl (C=O) groups is 2.